The van der Waals surface area contributed by atoms with E-state index in [4.69, 9.17) is 0 Å². The van der Waals surface area contributed by atoms with Crippen molar-refractivity contribution in [2.24, 2.45) is 0 Å². The summed E-state index contributed by atoms with van der Waals surface area (Å²) in [6.45, 7) is 1.17. The summed E-state index contributed by atoms with van der Waals surface area (Å²) >= 11 is 0. The van der Waals surface area contributed by atoms with Crippen molar-refractivity contribution in [2.75, 3.05) is 13.6 Å². The summed E-state index contributed by atoms with van der Waals surface area (Å²) in [4.78, 5) is 2.48. The van der Waals surface area contributed by atoms with Crippen LogP contribution in [0.1, 0.15) is 41.4 Å². The Kier molecular flexibility index (Phi) is 4.24. The predicted octanol–water partition coefficient (Wildman–Crippen LogP) is 4.57. The first-order valence-electron chi connectivity index (χ1n) is 7.78. The summed E-state index contributed by atoms with van der Waals surface area (Å²) in [6.07, 6.45) is 2.34. The fourth-order valence-electron chi connectivity index (χ4n) is 4.29. The molecule has 1 nitrogen and oxygen atoms in total. The summed E-state index contributed by atoms with van der Waals surface area (Å²) in [7, 11) is 2.22. The van der Waals surface area contributed by atoms with E-state index in [2.05, 4.69) is 42.3 Å². The van der Waals surface area contributed by atoms with E-state index in [1.807, 2.05) is 6.07 Å². The molecule has 0 saturated carbocycles. The van der Waals surface area contributed by atoms with Crippen LogP contribution in [-0.2, 0) is 0 Å². The van der Waals surface area contributed by atoms with Gasteiger partial charge in [-0.25, -0.2) is 4.39 Å². The monoisotopic (exact) mass is 317 g/mol. The van der Waals surface area contributed by atoms with E-state index in [1.54, 1.807) is 6.07 Å². The average molecular weight is 318 g/mol. The van der Waals surface area contributed by atoms with Crippen LogP contribution in [0.2, 0.25) is 0 Å². The number of likely N-dealkylation sites (tertiary alicyclic amines) is 1. The quantitative estimate of drug-likeness (QED) is 0.744. The van der Waals surface area contributed by atoms with Crippen LogP contribution in [0.4, 0.5) is 4.39 Å². The Morgan fingerprint density at radius 3 is 2.59 bits per heavy atom. The van der Waals surface area contributed by atoms with Crippen LogP contribution in [-0.4, -0.2) is 24.5 Å². The molecule has 0 bridgehead atoms. The Balaban J connectivity index is 0.00000144. The van der Waals surface area contributed by atoms with Crippen molar-refractivity contribution >= 4 is 12.4 Å². The van der Waals surface area contributed by atoms with Crippen molar-refractivity contribution in [2.45, 2.75) is 30.7 Å². The number of rotatable bonds is 1. The third-order valence-electron chi connectivity index (χ3n) is 5.32. The van der Waals surface area contributed by atoms with E-state index in [9.17, 15) is 4.39 Å². The fraction of sp³-hybridized carbons (Fsp3) is 0.368. The highest BCUT2D eigenvalue weighted by Crippen LogP contribution is 2.47. The number of halogens is 2. The maximum atomic E-state index is 13.6. The molecule has 0 radical (unpaired) electrons. The van der Waals surface area contributed by atoms with E-state index in [-0.39, 0.29) is 18.2 Å². The normalized spacial score (nSPS) is 26.9. The van der Waals surface area contributed by atoms with Crippen LogP contribution in [0.3, 0.4) is 0 Å². The molecule has 22 heavy (non-hydrogen) atoms. The SMILES string of the molecule is CN1CCC2c3ccccc3C(c3cccc(F)c3)CC21.Cl. The molecule has 1 heterocycles. The lowest BCUT2D eigenvalue weighted by molar-refractivity contribution is 0.265. The highest BCUT2D eigenvalue weighted by molar-refractivity contribution is 5.85. The minimum absolute atomic E-state index is 0. The van der Waals surface area contributed by atoms with Gasteiger partial charge in [-0.3, -0.25) is 0 Å². The van der Waals surface area contributed by atoms with Gasteiger partial charge in [0.25, 0.3) is 0 Å². The minimum atomic E-state index is -0.133. The lowest BCUT2D eigenvalue weighted by Gasteiger charge is -2.37. The maximum absolute atomic E-state index is 13.6. The second-order valence-electron chi connectivity index (χ2n) is 6.42. The molecule has 1 aliphatic carbocycles. The molecule has 2 aromatic carbocycles. The Morgan fingerprint density at radius 2 is 1.82 bits per heavy atom. The summed E-state index contributed by atoms with van der Waals surface area (Å²) < 4.78 is 13.6. The summed E-state index contributed by atoms with van der Waals surface area (Å²) in [5, 5.41) is 0. The maximum Gasteiger partial charge on any atom is 0.123 e. The Hall–Kier alpha value is -1.38. The zero-order valence-corrected chi connectivity index (χ0v) is 13.5. The first-order valence-corrected chi connectivity index (χ1v) is 7.78. The van der Waals surface area contributed by atoms with Gasteiger partial charge in [0.15, 0.2) is 0 Å². The molecule has 2 aliphatic rings. The lowest BCUT2D eigenvalue weighted by atomic mass is 9.71. The van der Waals surface area contributed by atoms with E-state index < -0.39 is 0 Å². The highest BCUT2D eigenvalue weighted by atomic mass is 35.5. The second kappa shape index (κ2) is 6.02. The van der Waals surface area contributed by atoms with Crippen molar-refractivity contribution < 1.29 is 4.39 Å². The number of hydrogen-bond donors (Lipinski definition) is 0. The third kappa shape index (κ3) is 2.45. The topological polar surface area (TPSA) is 3.24 Å². The molecule has 1 saturated heterocycles. The van der Waals surface area contributed by atoms with Crippen molar-refractivity contribution in [3.05, 3.63) is 71.0 Å². The van der Waals surface area contributed by atoms with Crippen LogP contribution in [0, 0.1) is 5.82 Å². The van der Waals surface area contributed by atoms with Crippen molar-refractivity contribution in [3.8, 4) is 0 Å². The van der Waals surface area contributed by atoms with Gasteiger partial charge in [-0.15, -0.1) is 12.4 Å². The Morgan fingerprint density at radius 1 is 1.05 bits per heavy atom. The Bertz CT molecular complexity index is 672. The largest absolute Gasteiger partial charge is 0.303 e. The highest BCUT2D eigenvalue weighted by Gasteiger charge is 2.40. The van der Waals surface area contributed by atoms with Crippen molar-refractivity contribution in [1.82, 2.24) is 4.90 Å². The average Bonchev–Trinajstić information content (AvgIpc) is 2.88. The molecule has 4 rings (SSSR count). The van der Waals surface area contributed by atoms with Crippen molar-refractivity contribution in [1.29, 1.82) is 0 Å². The standard InChI is InChI=1S/C19H20FN.ClH/c1-21-10-9-17-15-7-2-3-8-16(15)18(12-19(17)21)13-5-4-6-14(20)11-13;/h2-8,11,17-19H,9-10,12H2,1H3;1H. The zero-order valence-electron chi connectivity index (χ0n) is 12.7. The predicted molar refractivity (Wildman–Crippen MR) is 90.3 cm³/mol. The molecule has 1 aliphatic heterocycles. The van der Waals surface area contributed by atoms with Gasteiger partial charge in [0, 0.05) is 17.9 Å². The summed E-state index contributed by atoms with van der Waals surface area (Å²) in [5.41, 5.74) is 3.99. The minimum Gasteiger partial charge on any atom is -0.303 e. The molecule has 0 aromatic heterocycles. The number of hydrogen-bond acceptors (Lipinski definition) is 1. The number of benzene rings is 2. The molecule has 2 aromatic rings. The molecule has 3 unspecified atom stereocenters. The molecular formula is C19H21ClFN. The van der Waals surface area contributed by atoms with Gasteiger partial charge in [-0.2, -0.15) is 0 Å². The van der Waals surface area contributed by atoms with E-state index in [1.165, 1.54) is 30.2 Å². The summed E-state index contributed by atoms with van der Waals surface area (Å²) in [6, 6.07) is 16.5. The van der Waals surface area contributed by atoms with Gasteiger partial charge in [0.2, 0.25) is 0 Å². The molecule has 0 spiro atoms. The molecule has 0 N–H and O–H groups in total. The lowest BCUT2D eigenvalue weighted by Crippen LogP contribution is -2.34. The van der Waals surface area contributed by atoms with Gasteiger partial charge in [-0.1, -0.05) is 36.4 Å². The number of fused-ring (bicyclic) bond motifs is 3. The van der Waals surface area contributed by atoms with E-state index in [0.717, 1.165) is 12.0 Å². The van der Waals surface area contributed by atoms with Crippen LogP contribution in [0.5, 0.6) is 0 Å². The van der Waals surface area contributed by atoms with Crippen LogP contribution >= 0.6 is 12.4 Å². The smallest absolute Gasteiger partial charge is 0.123 e. The van der Waals surface area contributed by atoms with E-state index in [0.29, 0.717) is 17.9 Å². The van der Waals surface area contributed by atoms with Gasteiger partial charge in [0.05, 0.1) is 0 Å². The van der Waals surface area contributed by atoms with Crippen LogP contribution < -0.4 is 0 Å². The molecule has 0 amide bonds. The van der Waals surface area contributed by atoms with E-state index >= 15 is 0 Å². The van der Waals surface area contributed by atoms with Crippen molar-refractivity contribution in [3.63, 3.8) is 0 Å². The number of nitrogens with zero attached hydrogens (tertiary/aromatic N) is 1. The van der Waals surface area contributed by atoms with Gasteiger partial charge in [-0.05, 0) is 55.3 Å². The van der Waals surface area contributed by atoms with Gasteiger partial charge in [0.1, 0.15) is 5.82 Å². The fourth-order valence-corrected chi connectivity index (χ4v) is 4.29. The molecule has 116 valence electrons. The van der Waals surface area contributed by atoms with Gasteiger partial charge < -0.3 is 4.90 Å². The Labute approximate surface area is 137 Å². The number of likely N-dealkylation sites (N-methyl/N-ethyl adjacent to an activating group) is 1. The zero-order chi connectivity index (χ0) is 14.4. The molecule has 3 heteroatoms. The van der Waals surface area contributed by atoms with Crippen LogP contribution in [0.15, 0.2) is 48.5 Å². The first-order chi connectivity index (χ1) is 10.2. The summed E-state index contributed by atoms with van der Waals surface area (Å²) in [5.74, 6) is 0.835. The second-order valence-corrected chi connectivity index (χ2v) is 6.42. The molecule has 3 atom stereocenters. The molecular weight excluding hydrogens is 297 g/mol. The first kappa shape index (κ1) is 15.5. The van der Waals surface area contributed by atoms with Gasteiger partial charge >= 0.3 is 0 Å². The van der Waals surface area contributed by atoms with Crippen LogP contribution in [0.25, 0.3) is 0 Å². The molecule has 1 fully saturated rings. The third-order valence-corrected chi connectivity index (χ3v) is 5.32.